The summed E-state index contributed by atoms with van der Waals surface area (Å²) in [6.07, 6.45) is 4.61. The van der Waals surface area contributed by atoms with E-state index in [1.807, 2.05) is 43.3 Å². The highest BCUT2D eigenvalue weighted by atomic mass is 16.5. The SMILES string of the molecule is Cc1ccc(-c2ccc(C(=O)NC3CCc4nnc(C5CCOCC5)n4CC3)cc2)o1. The van der Waals surface area contributed by atoms with Gasteiger partial charge in [-0.25, -0.2) is 0 Å². The number of aromatic nitrogens is 3. The summed E-state index contributed by atoms with van der Waals surface area (Å²) in [5.74, 6) is 4.22. The van der Waals surface area contributed by atoms with E-state index in [4.69, 9.17) is 9.15 Å². The standard InChI is InChI=1S/C24H28N4O3/c1-16-2-8-21(31-16)17-3-5-19(6-4-17)24(29)25-20-7-9-22-26-27-23(28(22)13-10-20)18-11-14-30-15-12-18/h2-6,8,18,20H,7,9-15H2,1H3,(H,25,29). The van der Waals surface area contributed by atoms with Crippen molar-refractivity contribution in [3.63, 3.8) is 0 Å². The summed E-state index contributed by atoms with van der Waals surface area (Å²) >= 11 is 0. The van der Waals surface area contributed by atoms with Crippen LogP contribution in [0.15, 0.2) is 40.8 Å². The predicted molar refractivity (Wildman–Crippen MR) is 116 cm³/mol. The van der Waals surface area contributed by atoms with Gasteiger partial charge in [-0.3, -0.25) is 4.79 Å². The molecule has 0 aliphatic carbocycles. The number of hydrogen-bond acceptors (Lipinski definition) is 5. The second-order valence-electron chi connectivity index (χ2n) is 8.50. The van der Waals surface area contributed by atoms with Crippen molar-refractivity contribution in [3.8, 4) is 11.3 Å². The van der Waals surface area contributed by atoms with E-state index in [9.17, 15) is 4.79 Å². The molecule has 3 aromatic rings. The first-order valence-corrected chi connectivity index (χ1v) is 11.1. The van der Waals surface area contributed by atoms with Crippen LogP contribution in [-0.2, 0) is 17.7 Å². The van der Waals surface area contributed by atoms with Gasteiger partial charge in [0.25, 0.3) is 5.91 Å². The van der Waals surface area contributed by atoms with Crippen LogP contribution in [-0.4, -0.2) is 39.9 Å². The van der Waals surface area contributed by atoms with Crippen LogP contribution in [0.25, 0.3) is 11.3 Å². The van der Waals surface area contributed by atoms with E-state index in [0.717, 1.165) is 80.6 Å². The summed E-state index contributed by atoms with van der Waals surface area (Å²) in [7, 11) is 0. The van der Waals surface area contributed by atoms with Crippen molar-refractivity contribution in [2.75, 3.05) is 13.2 Å². The molecule has 7 nitrogen and oxygen atoms in total. The summed E-state index contributed by atoms with van der Waals surface area (Å²) < 4.78 is 13.4. The number of carbonyl (C=O) groups excluding carboxylic acids is 1. The molecule has 1 amide bonds. The molecule has 0 spiro atoms. The van der Waals surface area contributed by atoms with E-state index in [0.29, 0.717) is 11.5 Å². The van der Waals surface area contributed by atoms with Gasteiger partial charge < -0.3 is 19.0 Å². The molecule has 4 heterocycles. The predicted octanol–water partition coefficient (Wildman–Crippen LogP) is 3.88. The molecule has 2 aliphatic heterocycles. The molecule has 2 aliphatic rings. The van der Waals surface area contributed by atoms with Crippen LogP contribution in [0, 0.1) is 6.92 Å². The van der Waals surface area contributed by atoms with E-state index in [1.54, 1.807) is 0 Å². The quantitative estimate of drug-likeness (QED) is 0.693. The Labute approximate surface area is 181 Å². The van der Waals surface area contributed by atoms with E-state index >= 15 is 0 Å². The number of furan rings is 1. The number of hydrogen-bond donors (Lipinski definition) is 1. The number of amides is 1. The van der Waals surface area contributed by atoms with Gasteiger partial charge >= 0.3 is 0 Å². The minimum atomic E-state index is -0.0329. The Morgan fingerprint density at radius 2 is 1.84 bits per heavy atom. The smallest absolute Gasteiger partial charge is 0.251 e. The number of benzene rings is 1. The number of carbonyl (C=O) groups is 1. The van der Waals surface area contributed by atoms with Gasteiger partial charge in [-0.1, -0.05) is 12.1 Å². The maximum atomic E-state index is 12.8. The average molecular weight is 421 g/mol. The fourth-order valence-corrected chi connectivity index (χ4v) is 4.56. The summed E-state index contributed by atoms with van der Waals surface area (Å²) in [6.45, 7) is 4.36. The summed E-state index contributed by atoms with van der Waals surface area (Å²) in [5.41, 5.74) is 1.64. The van der Waals surface area contributed by atoms with Crippen LogP contribution in [0.3, 0.4) is 0 Å². The van der Waals surface area contributed by atoms with Gasteiger partial charge in [0.05, 0.1) is 0 Å². The molecule has 0 radical (unpaired) electrons. The maximum absolute atomic E-state index is 12.8. The Kier molecular flexibility index (Phi) is 5.59. The van der Waals surface area contributed by atoms with Crippen LogP contribution in [0.5, 0.6) is 0 Å². The van der Waals surface area contributed by atoms with Gasteiger partial charge in [0.2, 0.25) is 0 Å². The maximum Gasteiger partial charge on any atom is 0.251 e. The number of nitrogens with one attached hydrogen (secondary N) is 1. The van der Waals surface area contributed by atoms with Crippen molar-refractivity contribution in [1.29, 1.82) is 0 Å². The molecule has 1 saturated heterocycles. The number of aryl methyl sites for hydroxylation is 2. The largest absolute Gasteiger partial charge is 0.461 e. The van der Waals surface area contributed by atoms with Crippen molar-refractivity contribution in [3.05, 3.63) is 59.4 Å². The minimum absolute atomic E-state index is 0.0329. The van der Waals surface area contributed by atoms with Gasteiger partial charge in [-0.15, -0.1) is 10.2 Å². The minimum Gasteiger partial charge on any atom is -0.461 e. The zero-order valence-electron chi connectivity index (χ0n) is 17.8. The van der Waals surface area contributed by atoms with Crippen molar-refractivity contribution in [2.24, 2.45) is 0 Å². The van der Waals surface area contributed by atoms with Crippen molar-refractivity contribution in [1.82, 2.24) is 20.1 Å². The van der Waals surface area contributed by atoms with Gasteiger partial charge in [0.1, 0.15) is 23.2 Å². The summed E-state index contributed by atoms with van der Waals surface area (Å²) in [6, 6.07) is 11.6. The number of rotatable bonds is 4. The Morgan fingerprint density at radius 3 is 2.58 bits per heavy atom. The first-order chi connectivity index (χ1) is 15.2. The summed E-state index contributed by atoms with van der Waals surface area (Å²) in [5, 5.41) is 12.2. The van der Waals surface area contributed by atoms with Crippen LogP contribution in [0.1, 0.15) is 59.4 Å². The van der Waals surface area contributed by atoms with Crippen molar-refractivity contribution < 1.29 is 13.9 Å². The lowest BCUT2D eigenvalue weighted by atomic mass is 9.99. The number of nitrogens with zero attached hydrogens (tertiary/aromatic N) is 3. The van der Waals surface area contributed by atoms with E-state index < -0.39 is 0 Å². The highest BCUT2D eigenvalue weighted by Gasteiger charge is 2.26. The Bertz CT molecular complexity index is 1050. The first-order valence-electron chi connectivity index (χ1n) is 11.1. The van der Waals surface area contributed by atoms with Gasteiger partial charge in [0, 0.05) is 49.3 Å². The normalized spacial score (nSPS) is 19.6. The zero-order valence-corrected chi connectivity index (χ0v) is 17.8. The van der Waals surface area contributed by atoms with Crippen molar-refractivity contribution in [2.45, 2.75) is 57.5 Å². The molecule has 162 valence electrons. The monoisotopic (exact) mass is 420 g/mol. The molecule has 1 atom stereocenters. The first kappa shape index (κ1) is 20.0. The number of ether oxygens (including phenoxy) is 1. The highest BCUT2D eigenvalue weighted by molar-refractivity contribution is 5.94. The molecule has 2 aromatic heterocycles. The van der Waals surface area contributed by atoms with E-state index in [2.05, 4.69) is 20.1 Å². The molecule has 7 heteroatoms. The molecule has 1 N–H and O–H groups in total. The molecule has 0 saturated carbocycles. The molecule has 1 aromatic carbocycles. The average Bonchev–Trinajstić information content (AvgIpc) is 3.37. The Hall–Kier alpha value is -2.93. The second kappa shape index (κ2) is 8.67. The topological polar surface area (TPSA) is 82.2 Å². The fourth-order valence-electron chi connectivity index (χ4n) is 4.56. The Balaban J connectivity index is 1.22. The lowest BCUT2D eigenvalue weighted by molar-refractivity contribution is 0.0826. The molecular weight excluding hydrogens is 392 g/mol. The summed E-state index contributed by atoms with van der Waals surface area (Å²) in [4.78, 5) is 12.8. The van der Waals surface area contributed by atoms with Gasteiger partial charge in [-0.2, -0.15) is 0 Å². The van der Waals surface area contributed by atoms with Gasteiger partial charge in [-0.05, 0) is 56.9 Å². The van der Waals surface area contributed by atoms with E-state index in [1.165, 1.54) is 0 Å². The highest BCUT2D eigenvalue weighted by Crippen LogP contribution is 2.28. The molecule has 1 unspecified atom stereocenters. The van der Waals surface area contributed by atoms with Crippen LogP contribution in [0.4, 0.5) is 0 Å². The molecule has 0 bridgehead atoms. The second-order valence-corrected chi connectivity index (χ2v) is 8.50. The molecule has 1 fully saturated rings. The lowest BCUT2D eigenvalue weighted by Gasteiger charge is -2.22. The van der Waals surface area contributed by atoms with Crippen LogP contribution < -0.4 is 5.32 Å². The molecule has 5 rings (SSSR count). The molecule has 31 heavy (non-hydrogen) atoms. The fraction of sp³-hybridized carbons (Fsp3) is 0.458. The van der Waals surface area contributed by atoms with Crippen molar-refractivity contribution >= 4 is 5.91 Å². The lowest BCUT2D eigenvalue weighted by Crippen LogP contribution is -2.35. The van der Waals surface area contributed by atoms with Crippen LogP contribution >= 0.6 is 0 Å². The third-order valence-electron chi connectivity index (χ3n) is 6.37. The third-order valence-corrected chi connectivity index (χ3v) is 6.37. The third kappa shape index (κ3) is 4.28. The van der Waals surface area contributed by atoms with Crippen LogP contribution in [0.2, 0.25) is 0 Å². The Morgan fingerprint density at radius 1 is 1.03 bits per heavy atom. The number of fused-ring (bicyclic) bond motifs is 1. The van der Waals surface area contributed by atoms with E-state index in [-0.39, 0.29) is 11.9 Å². The molecular formula is C24H28N4O3. The zero-order chi connectivity index (χ0) is 21.2. The van der Waals surface area contributed by atoms with Gasteiger partial charge in [0.15, 0.2) is 0 Å².